The monoisotopic (exact) mass is 244 g/mol. The summed E-state index contributed by atoms with van der Waals surface area (Å²) in [5.74, 6) is 0. The van der Waals surface area contributed by atoms with Crippen molar-refractivity contribution in [1.29, 1.82) is 0 Å². The number of hydrogen-bond donors (Lipinski definition) is 2. The van der Waals surface area contributed by atoms with Crippen LogP contribution < -0.4 is 5.32 Å². The smallest absolute Gasteiger partial charge is 0.119 e. The summed E-state index contributed by atoms with van der Waals surface area (Å²) in [6, 6.07) is 8.39. The molecule has 1 aromatic carbocycles. The van der Waals surface area contributed by atoms with Crippen LogP contribution in [0, 0.1) is 0 Å². The molecule has 0 unspecified atom stereocenters. The average molecular weight is 244 g/mol. The number of benzene rings is 1. The van der Waals surface area contributed by atoms with Crippen molar-refractivity contribution in [2.24, 2.45) is 0 Å². The van der Waals surface area contributed by atoms with Gasteiger partial charge in [0.15, 0.2) is 0 Å². The first kappa shape index (κ1) is 12.8. The summed E-state index contributed by atoms with van der Waals surface area (Å²) in [6.45, 7) is 1.99. The number of aromatic amines is 1. The number of H-pyrrole nitrogens is 1. The minimum absolute atomic E-state index is 0.685. The van der Waals surface area contributed by atoms with Gasteiger partial charge >= 0.3 is 0 Å². The van der Waals surface area contributed by atoms with Crippen molar-refractivity contribution in [3.8, 4) is 0 Å². The van der Waals surface area contributed by atoms with E-state index in [0.717, 1.165) is 38.6 Å². The zero-order valence-electron chi connectivity index (χ0n) is 10.6. The van der Waals surface area contributed by atoms with E-state index in [4.69, 9.17) is 0 Å². The second kappa shape index (κ2) is 6.97. The number of fused-ring (bicyclic) bond motifs is 1. The molecule has 0 saturated carbocycles. The Labute approximate surface area is 108 Å². The molecule has 2 aromatic rings. The molecule has 1 aromatic heterocycles. The third-order valence-corrected chi connectivity index (χ3v) is 3.17. The van der Waals surface area contributed by atoms with Gasteiger partial charge in [-0.05, 0) is 44.0 Å². The number of aromatic nitrogens is 1. The Hall–Kier alpha value is -1.61. The quantitative estimate of drug-likeness (QED) is 0.554. The highest BCUT2D eigenvalue weighted by molar-refractivity contribution is 5.83. The molecule has 2 rings (SSSR count). The molecule has 96 valence electrons. The number of hydrogen-bond acceptors (Lipinski definition) is 2. The number of aldehydes is 1. The number of carbonyl (C=O) groups excluding carboxylic acids is 1. The molecule has 0 aliphatic rings. The normalized spacial score (nSPS) is 10.9. The van der Waals surface area contributed by atoms with Crippen molar-refractivity contribution in [2.45, 2.75) is 25.7 Å². The predicted molar refractivity (Wildman–Crippen MR) is 74.8 cm³/mol. The number of para-hydroxylation sites is 1. The Morgan fingerprint density at radius 2 is 2.06 bits per heavy atom. The van der Waals surface area contributed by atoms with Crippen LogP contribution in [-0.2, 0) is 11.2 Å². The van der Waals surface area contributed by atoms with E-state index in [2.05, 4.69) is 34.7 Å². The first-order valence-electron chi connectivity index (χ1n) is 6.61. The van der Waals surface area contributed by atoms with Gasteiger partial charge in [0.25, 0.3) is 0 Å². The van der Waals surface area contributed by atoms with Gasteiger partial charge in [-0.15, -0.1) is 0 Å². The van der Waals surface area contributed by atoms with Crippen LogP contribution in [0.1, 0.15) is 24.8 Å². The van der Waals surface area contributed by atoms with Crippen LogP contribution in [0.4, 0.5) is 0 Å². The van der Waals surface area contributed by atoms with E-state index in [0.29, 0.717) is 6.42 Å². The molecular formula is C15H20N2O. The van der Waals surface area contributed by atoms with E-state index in [1.54, 1.807) is 0 Å². The van der Waals surface area contributed by atoms with Gasteiger partial charge in [-0.2, -0.15) is 0 Å². The molecule has 2 N–H and O–H groups in total. The van der Waals surface area contributed by atoms with E-state index in [1.165, 1.54) is 16.5 Å². The van der Waals surface area contributed by atoms with Crippen LogP contribution in [0.5, 0.6) is 0 Å². The third-order valence-electron chi connectivity index (χ3n) is 3.17. The van der Waals surface area contributed by atoms with E-state index < -0.39 is 0 Å². The van der Waals surface area contributed by atoms with Crippen LogP contribution in [0.2, 0.25) is 0 Å². The van der Waals surface area contributed by atoms with Crippen LogP contribution in [-0.4, -0.2) is 24.4 Å². The highest BCUT2D eigenvalue weighted by Gasteiger charge is 2.01. The summed E-state index contributed by atoms with van der Waals surface area (Å²) in [5.41, 5.74) is 2.57. The van der Waals surface area contributed by atoms with Crippen LogP contribution in [0.3, 0.4) is 0 Å². The maximum Gasteiger partial charge on any atom is 0.119 e. The summed E-state index contributed by atoms with van der Waals surface area (Å²) in [4.78, 5) is 13.4. The molecule has 1 heterocycles. The highest BCUT2D eigenvalue weighted by atomic mass is 16.1. The lowest BCUT2D eigenvalue weighted by Gasteiger charge is -2.03. The van der Waals surface area contributed by atoms with Gasteiger partial charge < -0.3 is 15.1 Å². The van der Waals surface area contributed by atoms with Gasteiger partial charge in [-0.1, -0.05) is 18.2 Å². The molecule has 3 heteroatoms. The number of unbranched alkanes of at least 4 members (excludes halogenated alkanes) is 2. The van der Waals surface area contributed by atoms with Crippen molar-refractivity contribution < 1.29 is 4.79 Å². The van der Waals surface area contributed by atoms with Gasteiger partial charge in [-0.3, -0.25) is 0 Å². The minimum Gasteiger partial charge on any atom is -0.361 e. The SMILES string of the molecule is O=CCCCCNCCc1c[nH]c2ccccc12. The Morgan fingerprint density at radius 1 is 1.17 bits per heavy atom. The fourth-order valence-electron chi connectivity index (χ4n) is 2.16. The van der Waals surface area contributed by atoms with E-state index in [1.807, 2.05) is 6.07 Å². The fourth-order valence-corrected chi connectivity index (χ4v) is 2.16. The molecule has 0 atom stereocenters. The maximum atomic E-state index is 10.1. The zero-order chi connectivity index (χ0) is 12.6. The van der Waals surface area contributed by atoms with Crippen LogP contribution >= 0.6 is 0 Å². The summed E-state index contributed by atoms with van der Waals surface area (Å²) in [6.07, 6.45) is 6.88. The second-order valence-electron chi connectivity index (χ2n) is 4.52. The van der Waals surface area contributed by atoms with E-state index in [9.17, 15) is 4.79 Å². The third kappa shape index (κ3) is 3.44. The number of carbonyl (C=O) groups is 1. The Balaban J connectivity index is 1.72. The lowest BCUT2D eigenvalue weighted by molar-refractivity contribution is -0.107. The number of nitrogens with one attached hydrogen (secondary N) is 2. The summed E-state index contributed by atoms with van der Waals surface area (Å²) >= 11 is 0. The lowest BCUT2D eigenvalue weighted by atomic mass is 10.1. The van der Waals surface area contributed by atoms with Gasteiger partial charge in [-0.25, -0.2) is 0 Å². The number of rotatable bonds is 8. The maximum absolute atomic E-state index is 10.1. The van der Waals surface area contributed by atoms with Crippen molar-refractivity contribution in [3.05, 3.63) is 36.0 Å². The summed E-state index contributed by atoms with van der Waals surface area (Å²) in [7, 11) is 0. The van der Waals surface area contributed by atoms with Crippen LogP contribution in [0.25, 0.3) is 10.9 Å². The van der Waals surface area contributed by atoms with Crippen molar-refractivity contribution >= 4 is 17.2 Å². The van der Waals surface area contributed by atoms with Crippen molar-refractivity contribution in [1.82, 2.24) is 10.3 Å². The lowest BCUT2D eigenvalue weighted by Crippen LogP contribution is -2.18. The minimum atomic E-state index is 0.685. The first-order chi connectivity index (χ1) is 8.92. The molecule has 0 bridgehead atoms. The Morgan fingerprint density at radius 3 is 2.94 bits per heavy atom. The van der Waals surface area contributed by atoms with Gasteiger partial charge in [0.2, 0.25) is 0 Å². The summed E-state index contributed by atoms with van der Waals surface area (Å²) < 4.78 is 0. The molecule has 0 aliphatic heterocycles. The van der Waals surface area contributed by atoms with E-state index >= 15 is 0 Å². The average Bonchev–Trinajstić information content (AvgIpc) is 2.81. The second-order valence-corrected chi connectivity index (χ2v) is 4.52. The molecular weight excluding hydrogens is 224 g/mol. The predicted octanol–water partition coefficient (Wildman–Crippen LogP) is 2.67. The fraction of sp³-hybridized carbons (Fsp3) is 0.400. The van der Waals surface area contributed by atoms with Gasteiger partial charge in [0, 0.05) is 23.5 Å². The molecule has 18 heavy (non-hydrogen) atoms. The Kier molecular flexibility index (Phi) is 4.97. The van der Waals surface area contributed by atoms with E-state index in [-0.39, 0.29) is 0 Å². The zero-order valence-corrected chi connectivity index (χ0v) is 10.6. The van der Waals surface area contributed by atoms with Crippen molar-refractivity contribution in [3.63, 3.8) is 0 Å². The van der Waals surface area contributed by atoms with Gasteiger partial charge in [0.05, 0.1) is 0 Å². The molecule has 0 fully saturated rings. The standard InChI is InChI=1S/C15H20N2O/c18-11-5-1-4-9-16-10-8-13-12-17-15-7-3-2-6-14(13)15/h2-3,6-7,11-12,16-17H,1,4-5,8-10H2. The summed E-state index contributed by atoms with van der Waals surface area (Å²) in [5, 5.41) is 4.74. The van der Waals surface area contributed by atoms with Crippen molar-refractivity contribution in [2.75, 3.05) is 13.1 Å². The topological polar surface area (TPSA) is 44.9 Å². The molecule has 0 radical (unpaired) electrons. The molecule has 0 amide bonds. The first-order valence-corrected chi connectivity index (χ1v) is 6.61. The molecule has 0 spiro atoms. The molecule has 3 nitrogen and oxygen atoms in total. The molecule has 0 saturated heterocycles. The highest BCUT2D eigenvalue weighted by Crippen LogP contribution is 2.17. The Bertz CT molecular complexity index is 490. The van der Waals surface area contributed by atoms with Crippen LogP contribution in [0.15, 0.2) is 30.5 Å². The van der Waals surface area contributed by atoms with Gasteiger partial charge in [0.1, 0.15) is 6.29 Å². The molecule has 0 aliphatic carbocycles. The largest absolute Gasteiger partial charge is 0.361 e.